The van der Waals surface area contributed by atoms with Gasteiger partial charge in [0.05, 0.1) is 25.5 Å². The number of halogens is 3. The van der Waals surface area contributed by atoms with Crippen molar-refractivity contribution in [3.63, 3.8) is 0 Å². The molecule has 0 atom stereocenters. The fourth-order valence-corrected chi connectivity index (χ4v) is 3.21. The molecule has 34 heavy (non-hydrogen) atoms. The Labute approximate surface area is 192 Å². The van der Waals surface area contributed by atoms with E-state index in [1.54, 1.807) is 36.1 Å². The fraction of sp³-hybridized carbons (Fsp3) is 0.125. The number of ether oxygens (including phenoxy) is 2. The number of carbonyl (C=O) groups is 1. The molecule has 7 nitrogen and oxygen atoms in total. The van der Waals surface area contributed by atoms with Crippen LogP contribution in [0.1, 0.15) is 15.9 Å². The van der Waals surface area contributed by atoms with Gasteiger partial charge in [-0.1, -0.05) is 12.1 Å². The smallest absolute Gasteiger partial charge is 0.416 e. The molecule has 3 aromatic carbocycles. The Morgan fingerprint density at radius 3 is 2.26 bits per heavy atom. The molecule has 4 rings (SSSR count). The van der Waals surface area contributed by atoms with Gasteiger partial charge >= 0.3 is 12.2 Å². The summed E-state index contributed by atoms with van der Waals surface area (Å²) in [5, 5.41) is 7.03. The maximum atomic E-state index is 12.7. The van der Waals surface area contributed by atoms with Gasteiger partial charge in [0, 0.05) is 16.8 Å². The quantitative estimate of drug-likeness (QED) is 0.420. The number of hydrogen-bond donors (Lipinski definition) is 1. The van der Waals surface area contributed by atoms with Gasteiger partial charge in [-0.15, -0.1) is 5.10 Å². The second kappa shape index (κ2) is 9.26. The fourth-order valence-electron chi connectivity index (χ4n) is 3.21. The van der Waals surface area contributed by atoms with Gasteiger partial charge in [-0.25, -0.2) is 4.68 Å². The van der Waals surface area contributed by atoms with Crippen LogP contribution in [-0.2, 0) is 6.18 Å². The third kappa shape index (κ3) is 4.85. The van der Waals surface area contributed by atoms with E-state index in [2.05, 4.69) is 15.4 Å². The van der Waals surface area contributed by atoms with Gasteiger partial charge in [0.15, 0.2) is 5.82 Å². The highest BCUT2D eigenvalue weighted by molar-refractivity contribution is 6.04. The molecule has 174 valence electrons. The number of hydrogen-bond acceptors (Lipinski definition) is 5. The summed E-state index contributed by atoms with van der Waals surface area (Å²) in [5.74, 6) is 0.658. The summed E-state index contributed by atoms with van der Waals surface area (Å²) in [4.78, 5) is 16.8. The monoisotopic (exact) mass is 468 g/mol. The minimum atomic E-state index is -4.46. The molecule has 1 N–H and O–H groups in total. The van der Waals surface area contributed by atoms with Crippen LogP contribution in [0.2, 0.25) is 0 Å². The van der Waals surface area contributed by atoms with Gasteiger partial charge in [-0.3, -0.25) is 4.79 Å². The van der Waals surface area contributed by atoms with Gasteiger partial charge in [0.2, 0.25) is 0 Å². The van der Waals surface area contributed by atoms with E-state index >= 15 is 0 Å². The van der Waals surface area contributed by atoms with Gasteiger partial charge < -0.3 is 14.8 Å². The van der Waals surface area contributed by atoms with E-state index in [0.717, 1.165) is 29.8 Å². The largest absolute Gasteiger partial charge is 0.497 e. The Morgan fingerprint density at radius 2 is 1.65 bits per heavy atom. The lowest BCUT2D eigenvalue weighted by atomic mass is 10.1. The van der Waals surface area contributed by atoms with Crippen molar-refractivity contribution in [3.8, 4) is 28.8 Å². The normalized spacial score (nSPS) is 11.2. The van der Waals surface area contributed by atoms with Crippen molar-refractivity contribution < 1.29 is 27.4 Å². The van der Waals surface area contributed by atoms with E-state index < -0.39 is 17.6 Å². The summed E-state index contributed by atoms with van der Waals surface area (Å²) in [6.07, 6.45) is -4.46. The van der Waals surface area contributed by atoms with E-state index in [9.17, 15) is 18.0 Å². The Hall–Kier alpha value is -4.34. The lowest BCUT2D eigenvalue weighted by Crippen LogP contribution is -2.13. The van der Waals surface area contributed by atoms with Crippen molar-refractivity contribution in [2.45, 2.75) is 6.18 Å². The molecule has 1 heterocycles. The lowest BCUT2D eigenvalue weighted by molar-refractivity contribution is -0.137. The van der Waals surface area contributed by atoms with Gasteiger partial charge in [-0.05, 0) is 60.7 Å². The minimum absolute atomic E-state index is 0.110. The number of methoxy groups -OCH3 is 2. The average Bonchev–Trinajstić information content (AvgIpc) is 3.29. The number of benzene rings is 3. The Kier molecular flexibility index (Phi) is 6.22. The molecule has 10 heteroatoms. The van der Waals surface area contributed by atoms with Crippen molar-refractivity contribution in [2.75, 3.05) is 19.5 Å². The van der Waals surface area contributed by atoms with Crippen LogP contribution in [0.25, 0.3) is 17.1 Å². The Balaban J connectivity index is 1.56. The first-order valence-corrected chi connectivity index (χ1v) is 10.0. The predicted molar refractivity (Wildman–Crippen MR) is 119 cm³/mol. The predicted octanol–water partition coefficient (Wildman–Crippen LogP) is 5.22. The van der Waals surface area contributed by atoms with Gasteiger partial charge in [0.25, 0.3) is 5.91 Å². The molecule has 0 saturated carbocycles. The third-order valence-corrected chi connectivity index (χ3v) is 4.94. The molecule has 0 spiro atoms. The Bertz CT molecular complexity index is 1300. The highest BCUT2D eigenvalue weighted by atomic mass is 19.4. The number of rotatable bonds is 6. The van der Waals surface area contributed by atoms with Crippen molar-refractivity contribution in [1.29, 1.82) is 0 Å². The summed E-state index contributed by atoms with van der Waals surface area (Å²) >= 11 is 0. The van der Waals surface area contributed by atoms with Crippen LogP contribution in [0, 0.1) is 0 Å². The maximum absolute atomic E-state index is 12.7. The zero-order valence-corrected chi connectivity index (χ0v) is 18.1. The summed E-state index contributed by atoms with van der Waals surface area (Å²) in [5.41, 5.74) is 1.17. The first kappa shape index (κ1) is 22.8. The molecule has 0 saturated heterocycles. The van der Waals surface area contributed by atoms with Gasteiger partial charge in [0.1, 0.15) is 5.75 Å². The molecular formula is C24H19F3N4O3. The highest BCUT2D eigenvalue weighted by Gasteiger charge is 2.30. The second-order valence-corrected chi connectivity index (χ2v) is 7.14. The minimum Gasteiger partial charge on any atom is -0.497 e. The molecule has 0 fully saturated rings. The lowest BCUT2D eigenvalue weighted by Gasteiger charge is -2.10. The number of carbonyl (C=O) groups excluding carboxylic acids is 1. The van der Waals surface area contributed by atoms with Crippen LogP contribution < -0.4 is 14.8 Å². The first-order chi connectivity index (χ1) is 16.3. The SMILES string of the molecule is COc1cccc(-c2nc(OC)nn2-c2ccc(NC(=O)c3ccc(C(F)(F)F)cc3)cc2)c1. The van der Waals surface area contributed by atoms with E-state index in [1.807, 2.05) is 24.3 Å². The molecule has 0 aliphatic carbocycles. The molecular weight excluding hydrogens is 449 g/mol. The Morgan fingerprint density at radius 1 is 0.941 bits per heavy atom. The van der Waals surface area contributed by atoms with Crippen LogP contribution in [0.3, 0.4) is 0 Å². The summed E-state index contributed by atoms with van der Waals surface area (Å²) in [6, 6.07) is 18.3. The number of nitrogens with one attached hydrogen (secondary N) is 1. The van der Waals surface area contributed by atoms with E-state index in [1.165, 1.54) is 7.11 Å². The zero-order chi connectivity index (χ0) is 24.3. The van der Waals surface area contributed by atoms with Crippen molar-refractivity contribution in [3.05, 3.63) is 83.9 Å². The van der Waals surface area contributed by atoms with E-state index in [4.69, 9.17) is 9.47 Å². The van der Waals surface area contributed by atoms with Crippen molar-refractivity contribution in [1.82, 2.24) is 14.8 Å². The number of aromatic nitrogens is 3. The molecule has 0 unspecified atom stereocenters. The van der Waals surface area contributed by atoms with Crippen LogP contribution in [0.5, 0.6) is 11.8 Å². The summed E-state index contributed by atoms with van der Waals surface area (Å²) in [6.45, 7) is 0. The molecule has 0 aliphatic heterocycles. The second-order valence-electron chi connectivity index (χ2n) is 7.14. The molecule has 1 amide bonds. The topological polar surface area (TPSA) is 78.3 Å². The molecule has 0 aliphatic rings. The van der Waals surface area contributed by atoms with Crippen molar-refractivity contribution in [2.24, 2.45) is 0 Å². The van der Waals surface area contributed by atoms with Crippen LogP contribution in [-0.4, -0.2) is 34.9 Å². The van der Waals surface area contributed by atoms with E-state index in [0.29, 0.717) is 22.9 Å². The third-order valence-electron chi connectivity index (χ3n) is 4.94. The average molecular weight is 468 g/mol. The van der Waals surface area contributed by atoms with Crippen molar-refractivity contribution >= 4 is 11.6 Å². The first-order valence-electron chi connectivity index (χ1n) is 10.0. The highest BCUT2D eigenvalue weighted by Crippen LogP contribution is 2.29. The molecule has 0 radical (unpaired) electrons. The van der Waals surface area contributed by atoms with Crippen LogP contribution >= 0.6 is 0 Å². The number of alkyl halides is 3. The zero-order valence-electron chi connectivity index (χ0n) is 18.1. The van der Waals surface area contributed by atoms with Gasteiger partial charge in [-0.2, -0.15) is 18.2 Å². The number of amides is 1. The maximum Gasteiger partial charge on any atom is 0.416 e. The van der Waals surface area contributed by atoms with Crippen LogP contribution in [0.4, 0.5) is 18.9 Å². The summed E-state index contributed by atoms with van der Waals surface area (Å²) in [7, 11) is 3.04. The molecule has 0 bridgehead atoms. The molecule has 1 aromatic heterocycles. The molecule has 4 aromatic rings. The number of anilines is 1. The number of nitrogens with zero attached hydrogens (tertiary/aromatic N) is 3. The summed E-state index contributed by atoms with van der Waals surface area (Å²) < 4.78 is 50.2. The van der Waals surface area contributed by atoms with E-state index in [-0.39, 0.29) is 11.6 Å². The standard InChI is InChI=1S/C24H19F3N4O3/c1-33-20-5-3-4-16(14-20)21-29-23(34-2)30-31(21)19-12-10-18(11-13-19)28-22(32)15-6-8-17(9-7-15)24(25,26)27/h3-14H,1-2H3,(H,28,32). The van der Waals surface area contributed by atoms with Crippen LogP contribution in [0.15, 0.2) is 72.8 Å².